The lowest BCUT2D eigenvalue weighted by molar-refractivity contribution is -0.0166. The van der Waals surface area contributed by atoms with Gasteiger partial charge in [0.1, 0.15) is 48.4 Å². The molecule has 0 unspecified atom stereocenters. The van der Waals surface area contributed by atoms with E-state index < -0.39 is 18.3 Å². The number of hydrogen-bond acceptors (Lipinski definition) is 7. The fourth-order valence-corrected chi connectivity index (χ4v) is 4.30. The summed E-state index contributed by atoms with van der Waals surface area (Å²) in [6.45, 7) is 3.93. The normalized spacial score (nSPS) is 26.7. The molecule has 0 radical (unpaired) electrons. The van der Waals surface area contributed by atoms with Gasteiger partial charge in [-0.15, -0.1) is 0 Å². The van der Waals surface area contributed by atoms with Gasteiger partial charge in [0.05, 0.1) is 11.7 Å². The average Bonchev–Trinajstić information content (AvgIpc) is 3.15. The Balaban J connectivity index is 1.43. The number of benzene rings is 1. The zero-order valence-electron chi connectivity index (χ0n) is 16.2. The summed E-state index contributed by atoms with van der Waals surface area (Å²) >= 11 is 0. The maximum Gasteiger partial charge on any atom is 0.143 e. The Hall–Kier alpha value is -2.68. The van der Waals surface area contributed by atoms with Gasteiger partial charge in [-0.25, -0.2) is 9.97 Å². The predicted octanol–water partition coefficient (Wildman–Crippen LogP) is 1.34. The molecule has 1 saturated carbocycles. The van der Waals surface area contributed by atoms with Gasteiger partial charge in [0.25, 0.3) is 0 Å². The van der Waals surface area contributed by atoms with Crippen LogP contribution >= 0.6 is 0 Å². The molecule has 3 N–H and O–H groups in total. The molecule has 2 aliphatic rings. The Morgan fingerprint density at radius 2 is 2.10 bits per heavy atom. The van der Waals surface area contributed by atoms with E-state index >= 15 is 0 Å². The molecule has 152 valence electrons. The number of aromatic nitrogens is 3. The Morgan fingerprint density at radius 1 is 1.21 bits per heavy atom. The Morgan fingerprint density at radius 3 is 3.00 bits per heavy atom. The van der Waals surface area contributed by atoms with Crippen molar-refractivity contribution in [2.24, 2.45) is 0 Å². The molecule has 1 aliphatic carbocycles. The minimum atomic E-state index is -1.00. The summed E-state index contributed by atoms with van der Waals surface area (Å²) in [6.07, 6.45) is 1.38. The van der Waals surface area contributed by atoms with E-state index in [1.807, 2.05) is 42.0 Å². The number of nitrogens with one attached hydrogen (secondary N) is 1. The van der Waals surface area contributed by atoms with Crippen LogP contribution in [0.1, 0.15) is 23.7 Å². The fraction of sp³-hybridized carbons (Fsp3) is 0.429. The number of rotatable bonds is 3. The van der Waals surface area contributed by atoms with Gasteiger partial charge in [0.15, 0.2) is 0 Å². The van der Waals surface area contributed by atoms with Crippen molar-refractivity contribution in [3.05, 3.63) is 48.0 Å². The van der Waals surface area contributed by atoms with Crippen LogP contribution in [0.3, 0.4) is 0 Å². The maximum absolute atomic E-state index is 10.8. The van der Waals surface area contributed by atoms with Crippen molar-refractivity contribution in [1.82, 2.24) is 19.9 Å². The van der Waals surface area contributed by atoms with Crippen LogP contribution in [-0.2, 0) is 6.54 Å². The number of hydrogen-bond donors (Lipinski definition) is 3. The number of aliphatic hydroxyl groups is 2. The van der Waals surface area contributed by atoms with Crippen molar-refractivity contribution in [2.45, 2.75) is 44.2 Å². The Kier molecular flexibility index (Phi) is 4.61. The first-order valence-corrected chi connectivity index (χ1v) is 9.90. The smallest absolute Gasteiger partial charge is 0.143 e. The summed E-state index contributed by atoms with van der Waals surface area (Å²) in [5.41, 5.74) is 2.57. The minimum Gasteiger partial charge on any atom is -0.492 e. The maximum atomic E-state index is 10.8. The van der Waals surface area contributed by atoms with Crippen LogP contribution in [-0.4, -0.2) is 56.2 Å². The second-order valence-electron chi connectivity index (χ2n) is 7.62. The standard InChI is InChI=1S/C21H24N4O4/c1-12-13-5-7-25(21(13)24-11-23-12)15-9-18(20(27)19(15)26)29-17-4-2-3-16-14(17)10-22-6-8-28-16/h2-5,7,11,15,18-20,22,26-27H,6,8-10H2,1H3/t15-,18+,19+,20-/m1/s1. The molecule has 2 aromatic heterocycles. The molecule has 0 saturated heterocycles. The van der Waals surface area contributed by atoms with Gasteiger partial charge in [0.2, 0.25) is 0 Å². The lowest BCUT2D eigenvalue weighted by atomic mass is 10.1. The highest BCUT2D eigenvalue weighted by Crippen LogP contribution is 2.38. The van der Waals surface area contributed by atoms with Crippen LogP contribution in [0, 0.1) is 6.92 Å². The molecule has 8 nitrogen and oxygen atoms in total. The number of nitrogens with zero attached hydrogens (tertiary/aromatic N) is 3. The van der Waals surface area contributed by atoms with Crippen LogP contribution < -0.4 is 14.8 Å². The van der Waals surface area contributed by atoms with Crippen molar-refractivity contribution < 1.29 is 19.7 Å². The molecule has 1 fully saturated rings. The van der Waals surface area contributed by atoms with Gasteiger partial charge in [-0.05, 0) is 25.1 Å². The zero-order chi connectivity index (χ0) is 20.0. The lowest BCUT2D eigenvalue weighted by Gasteiger charge is -2.20. The van der Waals surface area contributed by atoms with E-state index in [2.05, 4.69) is 15.3 Å². The summed E-state index contributed by atoms with van der Waals surface area (Å²) < 4.78 is 13.9. The molecule has 0 spiro atoms. The molecule has 4 atom stereocenters. The highest BCUT2D eigenvalue weighted by molar-refractivity contribution is 5.78. The van der Waals surface area contributed by atoms with Crippen LogP contribution in [0.2, 0.25) is 0 Å². The minimum absolute atomic E-state index is 0.335. The number of ether oxygens (including phenoxy) is 2. The highest BCUT2D eigenvalue weighted by atomic mass is 16.5. The summed E-state index contributed by atoms with van der Waals surface area (Å²) in [7, 11) is 0. The molecule has 0 amide bonds. The van der Waals surface area contributed by atoms with E-state index in [-0.39, 0.29) is 6.04 Å². The third kappa shape index (κ3) is 3.13. The van der Waals surface area contributed by atoms with Crippen molar-refractivity contribution in [3.8, 4) is 11.5 Å². The Bertz CT molecular complexity index is 1040. The van der Waals surface area contributed by atoms with Gasteiger partial charge >= 0.3 is 0 Å². The molecule has 8 heteroatoms. The zero-order valence-corrected chi connectivity index (χ0v) is 16.2. The predicted molar refractivity (Wildman–Crippen MR) is 106 cm³/mol. The monoisotopic (exact) mass is 396 g/mol. The van der Waals surface area contributed by atoms with E-state index in [0.717, 1.165) is 34.6 Å². The van der Waals surface area contributed by atoms with E-state index in [0.29, 0.717) is 25.3 Å². The molecular weight excluding hydrogens is 372 g/mol. The largest absolute Gasteiger partial charge is 0.492 e. The molecule has 5 rings (SSSR count). The van der Waals surface area contributed by atoms with Crippen molar-refractivity contribution >= 4 is 11.0 Å². The topological polar surface area (TPSA) is 102 Å². The first-order valence-electron chi connectivity index (χ1n) is 9.90. The summed E-state index contributed by atoms with van der Waals surface area (Å²) in [4.78, 5) is 8.60. The number of aryl methyl sites for hydroxylation is 1. The molecular formula is C21H24N4O4. The van der Waals surface area contributed by atoms with Crippen molar-refractivity contribution in [2.75, 3.05) is 13.2 Å². The first kappa shape index (κ1) is 18.4. The van der Waals surface area contributed by atoms with Crippen molar-refractivity contribution in [1.29, 1.82) is 0 Å². The SMILES string of the molecule is Cc1ncnc2c1ccn2[C@@H]1C[C@H](Oc2cccc3c2CNCCO3)[C@@H](O)[C@H]1O. The molecule has 3 aromatic rings. The fourth-order valence-electron chi connectivity index (χ4n) is 4.30. The molecule has 1 aromatic carbocycles. The highest BCUT2D eigenvalue weighted by Gasteiger charge is 2.44. The van der Waals surface area contributed by atoms with Crippen LogP contribution in [0.4, 0.5) is 0 Å². The third-order valence-electron chi connectivity index (χ3n) is 5.87. The lowest BCUT2D eigenvalue weighted by Crippen LogP contribution is -2.34. The molecule has 29 heavy (non-hydrogen) atoms. The second-order valence-corrected chi connectivity index (χ2v) is 7.62. The van der Waals surface area contributed by atoms with Gasteiger partial charge < -0.3 is 29.6 Å². The van der Waals surface area contributed by atoms with Gasteiger partial charge in [0, 0.05) is 36.7 Å². The van der Waals surface area contributed by atoms with E-state index in [4.69, 9.17) is 9.47 Å². The van der Waals surface area contributed by atoms with Gasteiger partial charge in [-0.1, -0.05) is 6.07 Å². The third-order valence-corrected chi connectivity index (χ3v) is 5.87. The van der Waals surface area contributed by atoms with Crippen LogP contribution in [0.5, 0.6) is 11.5 Å². The summed E-state index contributed by atoms with van der Waals surface area (Å²) in [5.74, 6) is 1.46. The summed E-state index contributed by atoms with van der Waals surface area (Å²) in [5, 5.41) is 25.7. The van der Waals surface area contributed by atoms with Crippen molar-refractivity contribution in [3.63, 3.8) is 0 Å². The molecule has 1 aliphatic heterocycles. The van der Waals surface area contributed by atoms with Crippen LogP contribution in [0.25, 0.3) is 11.0 Å². The van der Waals surface area contributed by atoms with Gasteiger partial charge in [-0.3, -0.25) is 0 Å². The first-order chi connectivity index (χ1) is 14.1. The average molecular weight is 396 g/mol. The van der Waals surface area contributed by atoms with E-state index in [1.165, 1.54) is 6.33 Å². The summed E-state index contributed by atoms with van der Waals surface area (Å²) in [6, 6.07) is 7.29. The Labute approximate surface area is 168 Å². The second kappa shape index (κ2) is 7.29. The quantitative estimate of drug-likeness (QED) is 0.614. The number of fused-ring (bicyclic) bond motifs is 2. The van der Waals surface area contributed by atoms with Gasteiger partial charge in [-0.2, -0.15) is 0 Å². The van der Waals surface area contributed by atoms with Crippen LogP contribution in [0.15, 0.2) is 36.8 Å². The molecule has 3 heterocycles. The van der Waals surface area contributed by atoms with E-state index in [1.54, 1.807) is 0 Å². The number of aliphatic hydroxyl groups excluding tert-OH is 2. The van der Waals surface area contributed by atoms with E-state index in [9.17, 15) is 10.2 Å². The molecule has 0 bridgehead atoms.